The molecule has 1 unspecified atom stereocenters. The highest BCUT2D eigenvalue weighted by Gasteiger charge is 2.31. The number of aliphatic hydroxyl groups is 1. The highest BCUT2D eigenvalue weighted by molar-refractivity contribution is 5.75. The molecule has 76 valence electrons. The predicted octanol–water partition coefficient (Wildman–Crippen LogP) is 0.919. The van der Waals surface area contributed by atoms with Crippen molar-refractivity contribution in [3.63, 3.8) is 0 Å². The Morgan fingerprint density at radius 3 is 2.85 bits per heavy atom. The van der Waals surface area contributed by atoms with Crippen LogP contribution in [0.25, 0.3) is 0 Å². The summed E-state index contributed by atoms with van der Waals surface area (Å²) in [6, 6.07) is 0. The molecule has 1 saturated heterocycles. The first-order chi connectivity index (χ1) is 6.07. The fraction of sp³-hybridized carbons (Fsp3) is 0.889. The number of amides is 1. The molecule has 1 aliphatic rings. The first-order valence-corrected chi connectivity index (χ1v) is 4.79. The lowest BCUT2D eigenvalue weighted by Gasteiger charge is -2.25. The Kier molecular flexibility index (Phi) is 3.27. The molecule has 1 amide bonds. The van der Waals surface area contributed by atoms with Gasteiger partial charge in [0.1, 0.15) is 0 Å². The highest BCUT2D eigenvalue weighted by Crippen LogP contribution is 2.26. The number of carbonyl (C=O) groups is 1. The van der Waals surface area contributed by atoms with Crippen LogP contribution in [0.2, 0.25) is 0 Å². The number of hydrogen-bond acceptors (Lipinski definition) is 3. The number of hydroxylamine groups is 2. The van der Waals surface area contributed by atoms with E-state index in [4.69, 9.17) is 5.21 Å². The minimum absolute atomic E-state index is 0.243. The predicted molar refractivity (Wildman–Crippen MR) is 47.2 cm³/mol. The van der Waals surface area contributed by atoms with Gasteiger partial charge in [-0.3, -0.25) is 10.0 Å². The topological polar surface area (TPSA) is 60.8 Å². The summed E-state index contributed by atoms with van der Waals surface area (Å²) < 4.78 is 0. The molecule has 0 aromatic carbocycles. The molecule has 0 spiro atoms. The van der Waals surface area contributed by atoms with E-state index >= 15 is 0 Å². The van der Waals surface area contributed by atoms with E-state index < -0.39 is 5.60 Å². The van der Waals surface area contributed by atoms with Gasteiger partial charge in [-0.2, -0.15) is 0 Å². The van der Waals surface area contributed by atoms with Gasteiger partial charge in [-0.05, 0) is 19.3 Å². The molecular weight excluding hydrogens is 170 g/mol. The lowest BCUT2D eigenvalue weighted by Crippen LogP contribution is -2.30. The molecule has 0 bridgehead atoms. The zero-order valence-corrected chi connectivity index (χ0v) is 7.99. The van der Waals surface area contributed by atoms with Gasteiger partial charge in [-0.25, -0.2) is 5.06 Å². The van der Waals surface area contributed by atoms with Crippen LogP contribution in [0.4, 0.5) is 0 Å². The van der Waals surface area contributed by atoms with Crippen molar-refractivity contribution in [1.29, 1.82) is 0 Å². The van der Waals surface area contributed by atoms with Crippen LogP contribution >= 0.6 is 0 Å². The molecule has 0 aromatic rings. The third kappa shape index (κ3) is 2.67. The summed E-state index contributed by atoms with van der Waals surface area (Å²) in [6.45, 7) is 2.25. The molecule has 2 N–H and O–H groups in total. The summed E-state index contributed by atoms with van der Waals surface area (Å²) in [4.78, 5) is 11.1. The maximum Gasteiger partial charge on any atom is 0.246 e. The Morgan fingerprint density at radius 2 is 2.23 bits per heavy atom. The Hall–Kier alpha value is -0.610. The van der Waals surface area contributed by atoms with Crippen molar-refractivity contribution in [2.24, 2.45) is 0 Å². The van der Waals surface area contributed by atoms with E-state index in [1.807, 2.05) is 6.92 Å². The molecule has 0 aliphatic carbocycles. The summed E-state index contributed by atoms with van der Waals surface area (Å²) >= 11 is 0. The van der Waals surface area contributed by atoms with Gasteiger partial charge in [0.25, 0.3) is 0 Å². The van der Waals surface area contributed by atoms with Crippen LogP contribution in [0, 0.1) is 0 Å². The molecule has 1 aliphatic heterocycles. The second-order valence-corrected chi connectivity index (χ2v) is 3.74. The van der Waals surface area contributed by atoms with Gasteiger partial charge in [-0.15, -0.1) is 0 Å². The summed E-state index contributed by atoms with van der Waals surface area (Å²) in [5.41, 5.74) is -0.748. The van der Waals surface area contributed by atoms with E-state index in [1.54, 1.807) is 0 Å². The molecule has 0 radical (unpaired) electrons. The Balaban J connectivity index is 2.57. The molecule has 1 atom stereocenters. The van der Waals surface area contributed by atoms with Crippen LogP contribution in [-0.4, -0.2) is 33.4 Å². The lowest BCUT2D eigenvalue weighted by atomic mass is 9.90. The summed E-state index contributed by atoms with van der Waals surface area (Å²) in [7, 11) is 0. The Bertz CT molecular complexity index is 195. The summed E-state index contributed by atoms with van der Waals surface area (Å²) in [5, 5.41) is 19.8. The second kappa shape index (κ2) is 4.07. The van der Waals surface area contributed by atoms with Crippen LogP contribution in [0.5, 0.6) is 0 Å². The molecule has 1 heterocycles. The largest absolute Gasteiger partial charge is 0.390 e. The van der Waals surface area contributed by atoms with Gasteiger partial charge in [0, 0.05) is 6.42 Å². The fourth-order valence-electron chi connectivity index (χ4n) is 1.75. The second-order valence-electron chi connectivity index (χ2n) is 3.74. The van der Waals surface area contributed by atoms with Crippen molar-refractivity contribution in [3.05, 3.63) is 0 Å². The van der Waals surface area contributed by atoms with Crippen molar-refractivity contribution in [2.75, 3.05) is 6.54 Å². The van der Waals surface area contributed by atoms with Gasteiger partial charge in [0.05, 0.1) is 12.1 Å². The van der Waals surface area contributed by atoms with Crippen molar-refractivity contribution in [1.82, 2.24) is 5.06 Å². The summed E-state index contributed by atoms with van der Waals surface area (Å²) in [6.07, 6.45) is 2.79. The quantitative estimate of drug-likeness (QED) is 0.632. The van der Waals surface area contributed by atoms with E-state index in [0.717, 1.165) is 6.42 Å². The summed E-state index contributed by atoms with van der Waals surface area (Å²) in [5.74, 6) is -0.285. The van der Waals surface area contributed by atoms with E-state index in [0.29, 0.717) is 24.3 Å². The van der Waals surface area contributed by atoms with Gasteiger partial charge in [-0.1, -0.05) is 13.3 Å². The van der Waals surface area contributed by atoms with Crippen LogP contribution < -0.4 is 0 Å². The molecule has 1 rings (SSSR count). The molecular formula is C9H17NO3. The molecule has 4 heteroatoms. The molecule has 1 fully saturated rings. The average Bonchev–Trinajstić information content (AvgIpc) is 2.21. The van der Waals surface area contributed by atoms with Crippen molar-refractivity contribution >= 4 is 5.91 Å². The van der Waals surface area contributed by atoms with E-state index in [9.17, 15) is 9.90 Å². The average molecular weight is 187 g/mol. The van der Waals surface area contributed by atoms with Crippen LogP contribution in [0.1, 0.15) is 39.0 Å². The van der Waals surface area contributed by atoms with Gasteiger partial charge in [0.15, 0.2) is 0 Å². The van der Waals surface area contributed by atoms with Gasteiger partial charge in [0.2, 0.25) is 5.91 Å². The third-order valence-electron chi connectivity index (χ3n) is 2.60. The van der Waals surface area contributed by atoms with Crippen molar-refractivity contribution in [2.45, 2.75) is 44.6 Å². The van der Waals surface area contributed by atoms with Crippen molar-refractivity contribution in [3.8, 4) is 0 Å². The van der Waals surface area contributed by atoms with Gasteiger partial charge >= 0.3 is 0 Å². The Morgan fingerprint density at radius 1 is 1.54 bits per heavy atom. The molecule has 0 aromatic heterocycles. The minimum atomic E-state index is -0.748. The van der Waals surface area contributed by atoms with Crippen LogP contribution in [-0.2, 0) is 4.79 Å². The number of nitrogens with zero attached hydrogens (tertiary/aromatic N) is 1. The maximum absolute atomic E-state index is 11.1. The maximum atomic E-state index is 11.1. The SMILES string of the molecule is CCCC1(O)CCC(=O)N(O)CC1. The van der Waals surface area contributed by atoms with E-state index in [1.165, 1.54) is 0 Å². The standard InChI is InChI=1S/C9H17NO3/c1-2-4-9(12)5-3-8(11)10(13)7-6-9/h12-13H,2-7H2,1H3. The number of carbonyl (C=O) groups excluding carboxylic acids is 1. The first-order valence-electron chi connectivity index (χ1n) is 4.79. The highest BCUT2D eigenvalue weighted by atomic mass is 16.5. The number of hydrogen-bond donors (Lipinski definition) is 2. The molecule has 0 saturated carbocycles. The monoisotopic (exact) mass is 187 g/mol. The first kappa shape index (κ1) is 10.5. The van der Waals surface area contributed by atoms with Crippen molar-refractivity contribution < 1.29 is 15.1 Å². The number of rotatable bonds is 2. The zero-order valence-electron chi connectivity index (χ0n) is 7.99. The smallest absolute Gasteiger partial charge is 0.246 e. The van der Waals surface area contributed by atoms with E-state index in [2.05, 4.69) is 0 Å². The minimum Gasteiger partial charge on any atom is -0.390 e. The fourth-order valence-corrected chi connectivity index (χ4v) is 1.75. The molecule has 4 nitrogen and oxygen atoms in total. The zero-order chi connectivity index (χ0) is 9.90. The van der Waals surface area contributed by atoms with Crippen LogP contribution in [0.15, 0.2) is 0 Å². The Labute approximate surface area is 78.1 Å². The normalized spacial score (nSPS) is 30.4. The van der Waals surface area contributed by atoms with Gasteiger partial charge < -0.3 is 5.11 Å². The van der Waals surface area contributed by atoms with E-state index in [-0.39, 0.29) is 18.9 Å². The molecule has 13 heavy (non-hydrogen) atoms. The third-order valence-corrected chi connectivity index (χ3v) is 2.60. The lowest BCUT2D eigenvalue weighted by molar-refractivity contribution is -0.164. The van der Waals surface area contributed by atoms with Crippen LogP contribution in [0.3, 0.4) is 0 Å².